The second kappa shape index (κ2) is 6.44. The van der Waals surface area contributed by atoms with Crippen LogP contribution in [0.15, 0.2) is 30.5 Å². The van der Waals surface area contributed by atoms with Crippen molar-refractivity contribution in [3.8, 4) is 11.8 Å². The standard InChI is InChI=1S/C15H12ClFN2O2/c1-19-9-11(16)8-14(19)15(21)18-12-4-5-13(17)10(7-12)3-2-6-20/h4-5,7-9,20H,6H2,1H3,(H,18,21). The molecule has 0 bridgehead atoms. The molecule has 0 saturated carbocycles. The van der Waals surface area contributed by atoms with E-state index in [9.17, 15) is 9.18 Å². The van der Waals surface area contributed by atoms with Crippen molar-refractivity contribution in [1.82, 2.24) is 4.57 Å². The Balaban J connectivity index is 2.23. The first-order valence-corrected chi connectivity index (χ1v) is 6.41. The molecule has 0 radical (unpaired) electrons. The number of aliphatic hydroxyl groups excluding tert-OH is 1. The number of carbonyl (C=O) groups is 1. The summed E-state index contributed by atoms with van der Waals surface area (Å²) in [6, 6.07) is 5.57. The minimum absolute atomic E-state index is 0.103. The molecule has 1 aromatic heterocycles. The predicted molar refractivity (Wildman–Crippen MR) is 78.7 cm³/mol. The van der Waals surface area contributed by atoms with Crippen molar-refractivity contribution < 1.29 is 14.3 Å². The van der Waals surface area contributed by atoms with Crippen LogP contribution < -0.4 is 5.32 Å². The van der Waals surface area contributed by atoms with Gasteiger partial charge in [-0.3, -0.25) is 4.79 Å². The number of hydrogen-bond acceptors (Lipinski definition) is 2. The SMILES string of the molecule is Cn1cc(Cl)cc1C(=O)Nc1ccc(F)c(C#CCO)c1. The summed E-state index contributed by atoms with van der Waals surface area (Å²) in [4.78, 5) is 12.1. The van der Waals surface area contributed by atoms with E-state index >= 15 is 0 Å². The lowest BCUT2D eigenvalue weighted by Gasteiger charge is -2.07. The molecule has 2 N–H and O–H groups in total. The van der Waals surface area contributed by atoms with Crippen molar-refractivity contribution in [2.75, 3.05) is 11.9 Å². The Kier molecular flexibility index (Phi) is 4.63. The Morgan fingerprint density at radius 1 is 1.48 bits per heavy atom. The van der Waals surface area contributed by atoms with Gasteiger partial charge in [-0.15, -0.1) is 0 Å². The van der Waals surface area contributed by atoms with Crippen LogP contribution in [0.4, 0.5) is 10.1 Å². The van der Waals surface area contributed by atoms with E-state index in [1.165, 1.54) is 24.3 Å². The summed E-state index contributed by atoms with van der Waals surface area (Å²) in [6.45, 7) is -0.363. The highest BCUT2D eigenvalue weighted by Crippen LogP contribution is 2.17. The second-order valence-electron chi connectivity index (χ2n) is 4.26. The highest BCUT2D eigenvalue weighted by atomic mass is 35.5. The molecule has 1 heterocycles. The number of aliphatic hydroxyl groups is 1. The van der Waals surface area contributed by atoms with Gasteiger partial charge in [0.2, 0.25) is 0 Å². The number of nitrogens with one attached hydrogen (secondary N) is 1. The quantitative estimate of drug-likeness (QED) is 0.837. The number of benzene rings is 1. The third kappa shape index (κ3) is 3.63. The molecule has 6 heteroatoms. The summed E-state index contributed by atoms with van der Waals surface area (Å²) in [5.74, 6) is 3.96. The van der Waals surface area contributed by atoms with Crippen LogP contribution in [0.3, 0.4) is 0 Å². The summed E-state index contributed by atoms with van der Waals surface area (Å²) in [7, 11) is 1.70. The number of anilines is 1. The van der Waals surface area contributed by atoms with Gasteiger partial charge in [0, 0.05) is 18.9 Å². The van der Waals surface area contributed by atoms with Crippen LogP contribution in [-0.4, -0.2) is 22.2 Å². The Labute approximate surface area is 126 Å². The topological polar surface area (TPSA) is 54.3 Å². The molecule has 0 spiro atoms. The van der Waals surface area contributed by atoms with E-state index in [0.29, 0.717) is 16.4 Å². The average Bonchev–Trinajstić information content (AvgIpc) is 2.78. The zero-order chi connectivity index (χ0) is 15.4. The van der Waals surface area contributed by atoms with E-state index in [0.717, 1.165) is 0 Å². The van der Waals surface area contributed by atoms with Crippen LogP contribution in [-0.2, 0) is 7.05 Å². The molecule has 0 aliphatic carbocycles. The smallest absolute Gasteiger partial charge is 0.272 e. The molecule has 2 aromatic rings. The normalized spacial score (nSPS) is 9.90. The molecule has 4 nitrogen and oxygen atoms in total. The lowest BCUT2D eigenvalue weighted by atomic mass is 10.2. The van der Waals surface area contributed by atoms with Crippen LogP contribution in [0, 0.1) is 17.7 Å². The molecule has 0 saturated heterocycles. The lowest BCUT2D eigenvalue weighted by molar-refractivity contribution is 0.101. The molecule has 1 amide bonds. The fourth-order valence-corrected chi connectivity index (χ4v) is 2.03. The van der Waals surface area contributed by atoms with Crippen LogP contribution in [0.2, 0.25) is 5.02 Å². The van der Waals surface area contributed by atoms with E-state index in [4.69, 9.17) is 16.7 Å². The maximum Gasteiger partial charge on any atom is 0.272 e. The number of carbonyl (C=O) groups excluding carboxylic acids is 1. The van der Waals surface area contributed by atoms with E-state index in [-0.39, 0.29) is 18.1 Å². The molecule has 2 rings (SSSR count). The maximum absolute atomic E-state index is 13.5. The summed E-state index contributed by atoms with van der Waals surface area (Å²) in [5, 5.41) is 11.7. The van der Waals surface area contributed by atoms with E-state index in [1.54, 1.807) is 17.8 Å². The molecular weight excluding hydrogens is 295 g/mol. The summed E-state index contributed by atoms with van der Waals surface area (Å²) in [6.07, 6.45) is 1.61. The van der Waals surface area contributed by atoms with Crippen molar-refractivity contribution >= 4 is 23.2 Å². The van der Waals surface area contributed by atoms with Crippen molar-refractivity contribution in [2.24, 2.45) is 7.05 Å². The van der Waals surface area contributed by atoms with Crippen LogP contribution in [0.25, 0.3) is 0 Å². The lowest BCUT2D eigenvalue weighted by Crippen LogP contribution is -2.15. The van der Waals surface area contributed by atoms with Crippen molar-refractivity contribution in [3.05, 3.63) is 52.6 Å². The molecule has 0 fully saturated rings. The molecular formula is C15H12ClFN2O2. The molecule has 21 heavy (non-hydrogen) atoms. The van der Waals surface area contributed by atoms with Crippen LogP contribution in [0.1, 0.15) is 16.1 Å². The van der Waals surface area contributed by atoms with E-state index < -0.39 is 5.82 Å². The fraction of sp³-hybridized carbons (Fsp3) is 0.133. The molecule has 0 aliphatic heterocycles. The number of amides is 1. The van der Waals surface area contributed by atoms with Crippen molar-refractivity contribution in [3.63, 3.8) is 0 Å². The van der Waals surface area contributed by atoms with Crippen molar-refractivity contribution in [1.29, 1.82) is 0 Å². The minimum atomic E-state index is -0.518. The zero-order valence-corrected chi connectivity index (χ0v) is 11.9. The Bertz CT molecular complexity index is 744. The van der Waals surface area contributed by atoms with Crippen LogP contribution in [0.5, 0.6) is 0 Å². The first-order valence-electron chi connectivity index (χ1n) is 6.03. The molecule has 108 valence electrons. The van der Waals surface area contributed by atoms with Crippen LogP contribution >= 0.6 is 11.6 Å². The number of nitrogens with zero attached hydrogens (tertiary/aromatic N) is 1. The Morgan fingerprint density at radius 3 is 2.86 bits per heavy atom. The van der Waals surface area contributed by atoms with E-state index in [2.05, 4.69) is 17.2 Å². The monoisotopic (exact) mass is 306 g/mol. The number of aromatic nitrogens is 1. The van der Waals surface area contributed by atoms with Gasteiger partial charge in [-0.2, -0.15) is 0 Å². The van der Waals surface area contributed by atoms with Gasteiger partial charge in [0.05, 0.1) is 10.6 Å². The number of halogens is 2. The second-order valence-corrected chi connectivity index (χ2v) is 4.70. The number of aryl methyl sites for hydroxylation is 1. The average molecular weight is 307 g/mol. The van der Waals surface area contributed by atoms with Gasteiger partial charge in [-0.1, -0.05) is 23.4 Å². The van der Waals surface area contributed by atoms with Gasteiger partial charge < -0.3 is 15.0 Å². The zero-order valence-electron chi connectivity index (χ0n) is 11.2. The van der Waals surface area contributed by atoms with Gasteiger partial charge in [-0.05, 0) is 24.3 Å². The maximum atomic E-state index is 13.5. The third-order valence-electron chi connectivity index (χ3n) is 2.73. The third-order valence-corrected chi connectivity index (χ3v) is 2.94. The Morgan fingerprint density at radius 2 is 2.24 bits per heavy atom. The summed E-state index contributed by atoms with van der Waals surface area (Å²) >= 11 is 5.82. The largest absolute Gasteiger partial charge is 0.384 e. The van der Waals surface area contributed by atoms with Gasteiger partial charge in [0.25, 0.3) is 5.91 Å². The van der Waals surface area contributed by atoms with Gasteiger partial charge in [0.1, 0.15) is 18.1 Å². The number of hydrogen-bond donors (Lipinski definition) is 2. The van der Waals surface area contributed by atoms with Gasteiger partial charge >= 0.3 is 0 Å². The molecule has 0 unspecified atom stereocenters. The fourth-order valence-electron chi connectivity index (χ4n) is 1.78. The van der Waals surface area contributed by atoms with Gasteiger partial charge in [0.15, 0.2) is 0 Å². The van der Waals surface area contributed by atoms with Crippen molar-refractivity contribution in [2.45, 2.75) is 0 Å². The van der Waals surface area contributed by atoms with Gasteiger partial charge in [-0.25, -0.2) is 4.39 Å². The van der Waals surface area contributed by atoms with E-state index in [1.807, 2.05) is 0 Å². The highest BCUT2D eigenvalue weighted by Gasteiger charge is 2.12. The summed E-state index contributed by atoms with van der Waals surface area (Å²) < 4.78 is 15.1. The minimum Gasteiger partial charge on any atom is -0.384 e. The highest BCUT2D eigenvalue weighted by molar-refractivity contribution is 6.31. The summed E-state index contributed by atoms with van der Waals surface area (Å²) in [5.41, 5.74) is 0.889. The molecule has 0 aliphatic rings. The Hall–Kier alpha value is -2.29. The number of rotatable bonds is 2. The predicted octanol–water partition coefficient (Wildman–Crippen LogP) is 2.41. The molecule has 1 aromatic carbocycles. The molecule has 0 atom stereocenters. The first kappa shape index (κ1) is 15.1. The first-order chi connectivity index (χ1) is 10.0.